The predicted molar refractivity (Wildman–Crippen MR) is 67.9 cm³/mol. The Kier molecular flexibility index (Phi) is 5.61. The summed E-state index contributed by atoms with van der Waals surface area (Å²) < 4.78 is 25.7. The van der Waals surface area contributed by atoms with E-state index in [9.17, 15) is 8.42 Å². The molecule has 2 N–H and O–H groups in total. The summed E-state index contributed by atoms with van der Waals surface area (Å²) in [7, 11) is -3.20. The zero-order valence-corrected chi connectivity index (χ0v) is 10.8. The topological polar surface area (TPSA) is 66.4 Å². The van der Waals surface area contributed by atoms with E-state index in [2.05, 4.69) is 4.72 Å². The molecule has 0 amide bonds. The van der Waals surface area contributed by atoms with Gasteiger partial charge in [-0.2, -0.15) is 0 Å². The molecular weight excluding hydrogens is 238 g/mol. The Balaban J connectivity index is 2.61. The average molecular weight is 257 g/mol. The van der Waals surface area contributed by atoms with Crippen molar-refractivity contribution >= 4 is 10.0 Å². The number of hydrogen-bond donors (Lipinski definition) is 2. The van der Waals surface area contributed by atoms with Gasteiger partial charge in [0.1, 0.15) is 0 Å². The fourth-order valence-electron chi connectivity index (χ4n) is 1.48. The van der Waals surface area contributed by atoms with Crippen molar-refractivity contribution in [1.29, 1.82) is 0 Å². The molecule has 0 spiro atoms. The molecule has 0 atom stereocenters. The molecule has 1 aromatic rings. The second-order valence-corrected chi connectivity index (χ2v) is 5.85. The molecule has 0 aliphatic carbocycles. The van der Waals surface area contributed by atoms with Crippen molar-refractivity contribution < 1.29 is 13.5 Å². The van der Waals surface area contributed by atoms with E-state index in [1.54, 1.807) is 6.07 Å². The minimum absolute atomic E-state index is 0.0765. The maximum Gasteiger partial charge on any atom is 0.211 e. The van der Waals surface area contributed by atoms with Gasteiger partial charge in [-0.05, 0) is 17.5 Å². The van der Waals surface area contributed by atoms with Gasteiger partial charge in [-0.1, -0.05) is 37.6 Å². The summed E-state index contributed by atoms with van der Waals surface area (Å²) in [4.78, 5) is 0. The predicted octanol–water partition coefficient (Wildman–Crippen LogP) is 1.40. The van der Waals surface area contributed by atoms with Crippen molar-refractivity contribution in [2.75, 3.05) is 5.75 Å². The van der Waals surface area contributed by atoms with Gasteiger partial charge in [0.05, 0.1) is 12.4 Å². The number of rotatable bonds is 7. The quantitative estimate of drug-likeness (QED) is 0.776. The third kappa shape index (κ3) is 4.85. The van der Waals surface area contributed by atoms with E-state index in [4.69, 9.17) is 5.11 Å². The number of benzene rings is 1. The van der Waals surface area contributed by atoms with Crippen LogP contribution in [0, 0.1) is 0 Å². The van der Waals surface area contributed by atoms with E-state index < -0.39 is 10.0 Å². The van der Waals surface area contributed by atoms with E-state index in [1.807, 2.05) is 25.1 Å². The van der Waals surface area contributed by atoms with E-state index in [1.165, 1.54) is 0 Å². The number of hydrogen-bond acceptors (Lipinski definition) is 3. The van der Waals surface area contributed by atoms with Crippen molar-refractivity contribution in [3.05, 3.63) is 35.4 Å². The fourth-order valence-corrected chi connectivity index (χ4v) is 2.67. The molecule has 1 aromatic carbocycles. The molecule has 0 aliphatic rings. The Morgan fingerprint density at radius 1 is 1.24 bits per heavy atom. The number of aliphatic hydroxyl groups is 1. The van der Waals surface area contributed by atoms with Crippen LogP contribution in [0.3, 0.4) is 0 Å². The third-order valence-corrected chi connectivity index (χ3v) is 3.95. The van der Waals surface area contributed by atoms with Gasteiger partial charge >= 0.3 is 0 Å². The van der Waals surface area contributed by atoms with Gasteiger partial charge in [0, 0.05) is 6.54 Å². The molecule has 0 saturated heterocycles. The highest BCUT2D eigenvalue weighted by Crippen LogP contribution is 2.08. The Morgan fingerprint density at radius 3 is 2.47 bits per heavy atom. The van der Waals surface area contributed by atoms with Crippen LogP contribution in [0.2, 0.25) is 0 Å². The molecule has 0 saturated carbocycles. The minimum Gasteiger partial charge on any atom is -0.392 e. The van der Waals surface area contributed by atoms with E-state index in [0.717, 1.165) is 17.5 Å². The van der Waals surface area contributed by atoms with Crippen LogP contribution in [-0.4, -0.2) is 19.3 Å². The lowest BCUT2D eigenvalue weighted by Gasteiger charge is -2.09. The van der Waals surface area contributed by atoms with Gasteiger partial charge in [0.2, 0.25) is 10.0 Å². The Labute approximate surface area is 103 Å². The number of sulfonamides is 1. The molecule has 0 fully saturated rings. The molecule has 0 aliphatic heterocycles. The van der Waals surface area contributed by atoms with Gasteiger partial charge in [-0.3, -0.25) is 0 Å². The monoisotopic (exact) mass is 257 g/mol. The van der Waals surface area contributed by atoms with Crippen molar-refractivity contribution in [3.63, 3.8) is 0 Å². The summed E-state index contributed by atoms with van der Waals surface area (Å²) in [6.45, 7) is 2.12. The lowest BCUT2D eigenvalue weighted by Crippen LogP contribution is -2.26. The second-order valence-electron chi connectivity index (χ2n) is 3.92. The molecule has 1 rings (SSSR count). The summed E-state index contributed by atoms with van der Waals surface area (Å²) in [5.74, 6) is 0.158. The Hall–Kier alpha value is -0.910. The standard InChI is InChI=1S/C12H19NO3S/c1-2-3-8-17(15,16)13-9-11-6-4-5-7-12(11)10-14/h4-7,13-14H,2-3,8-10H2,1H3. The lowest BCUT2D eigenvalue weighted by atomic mass is 10.1. The Morgan fingerprint density at radius 2 is 1.88 bits per heavy atom. The highest BCUT2D eigenvalue weighted by atomic mass is 32.2. The molecular formula is C12H19NO3S. The van der Waals surface area contributed by atoms with Crippen molar-refractivity contribution in [1.82, 2.24) is 4.72 Å². The molecule has 0 aromatic heterocycles. The normalized spacial score (nSPS) is 11.6. The smallest absolute Gasteiger partial charge is 0.211 e. The van der Waals surface area contributed by atoms with Crippen LogP contribution in [0.1, 0.15) is 30.9 Å². The van der Waals surface area contributed by atoms with Crippen LogP contribution >= 0.6 is 0 Å². The number of unbranched alkanes of at least 4 members (excludes halogenated alkanes) is 1. The Bertz CT molecular complexity index is 443. The van der Waals surface area contributed by atoms with Crippen LogP contribution < -0.4 is 4.72 Å². The molecule has 0 radical (unpaired) electrons. The largest absolute Gasteiger partial charge is 0.392 e. The SMILES string of the molecule is CCCCS(=O)(=O)NCc1ccccc1CO. The molecule has 4 nitrogen and oxygen atoms in total. The van der Waals surface area contributed by atoms with Crippen molar-refractivity contribution in [2.45, 2.75) is 32.9 Å². The number of aliphatic hydroxyl groups excluding tert-OH is 1. The molecule has 0 unspecified atom stereocenters. The van der Waals surface area contributed by atoms with Gasteiger partial charge < -0.3 is 5.11 Å². The summed E-state index contributed by atoms with van der Waals surface area (Å²) in [6.07, 6.45) is 1.52. The van der Waals surface area contributed by atoms with Gasteiger partial charge in [0.15, 0.2) is 0 Å². The lowest BCUT2D eigenvalue weighted by molar-refractivity contribution is 0.280. The van der Waals surface area contributed by atoms with Crippen LogP contribution in [0.15, 0.2) is 24.3 Å². The van der Waals surface area contributed by atoms with Gasteiger partial charge in [-0.25, -0.2) is 13.1 Å². The third-order valence-electron chi connectivity index (χ3n) is 2.54. The zero-order chi connectivity index (χ0) is 12.7. The first-order valence-electron chi connectivity index (χ1n) is 5.74. The average Bonchev–Trinajstić information content (AvgIpc) is 2.34. The van der Waals surface area contributed by atoms with E-state index in [-0.39, 0.29) is 18.9 Å². The highest BCUT2D eigenvalue weighted by molar-refractivity contribution is 7.89. The summed E-state index contributed by atoms with van der Waals surface area (Å²) in [5.41, 5.74) is 1.57. The van der Waals surface area contributed by atoms with Crippen LogP contribution in [0.25, 0.3) is 0 Å². The first kappa shape index (κ1) is 14.2. The zero-order valence-electron chi connectivity index (χ0n) is 10.0. The maximum atomic E-state index is 11.6. The van der Waals surface area contributed by atoms with Gasteiger partial charge in [-0.15, -0.1) is 0 Å². The maximum absolute atomic E-state index is 11.6. The first-order chi connectivity index (χ1) is 8.09. The molecule has 0 bridgehead atoms. The highest BCUT2D eigenvalue weighted by Gasteiger charge is 2.09. The summed E-state index contributed by atoms with van der Waals surface area (Å²) >= 11 is 0. The van der Waals surface area contributed by atoms with Crippen LogP contribution in [0.4, 0.5) is 0 Å². The first-order valence-corrected chi connectivity index (χ1v) is 7.39. The van der Waals surface area contributed by atoms with Crippen molar-refractivity contribution in [2.24, 2.45) is 0 Å². The fraction of sp³-hybridized carbons (Fsp3) is 0.500. The van der Waals surface area contributed by atoms with Crippen molar-refractivity contribution in [3.8, 4) is 0 Å². The molecule has 96 valence electrons. The van der Waals surface area contributed by atoms with Crippen LogP contribution in [-0.2, 0) is 23.2 Å². The molecule has 17 heavy (non-hydrogen) atoms. The van der Waals surface area contributed by atoms with E-state index >= 15 is 0 Å². The van der Waals surface area contributed by atoms with Crippen LogP contribution in [0.5, 0.6) is 0 Å². The molecule has 5 heteroatoms. The second kappa shape index (κ2) is 6.74. The number of nitrogens with one attached hydrogen (secondary N) is 1. The minimum atomic E-state index is -3.20. The van der Waals surface area contributed by atoms with E-state index in [0.29, 0.717) is 6.42 Å². The van der Waals surface area contributed by atoms with Gasteiger partial charge in [0.25, 0.3) is 0 Å². The summed E-state index contributed by atoms with van der Waals surface area (Å²) in [6, 6.07) is 7.25. The molecule has 0 heterocycles. The summed E-state index contributed by atoms with van der Waals surface area (Å²) in [5, 5.41) is 9.11.